The Balaban J connectivity index is 1.46. The highest BCUT2D eigenvalue weighted by Crippen LogP contribution is 2.24. The SMILES string of the molecule is Cc1nnnn1C(Cc1ccc(F)cc1)C(=O)NC(C)c1ccc(Oc2ccccc2)cc1. The lowest BCUT2D eigenvalue weighted by molar-refractivity contribution is -0.125. The predicted molar refractivity (Wildman–Crippen MR) is 121 cm³/mol. The van der Waals surface area contributed by atoms with E-state index in [9.17, 15) is 9.18 Å². The summed E-state index contributed by atoms with van der Waals surface area (Å²) in [7, 11) is 0. The molecule has 0 aliphatic heterocycles. The summed E-state index contributed by atoms with van der Waals surface area (Å²) < 4.78 is 20.6. The summed E-state index contributed by atoms with van der Waals surface area (Å²) in [5.41, 5.74) is 1.74. The molecule has 0 fully saturated rings. The fourth-order valence-corrected chi connectivity index (χ4v) is 3.50. The number of tetrazole rings is 1. The summed E-state index contributed by atoms with van der Waals surface area (Å²) in [5.74, 6) is 1.43. The number of hydrogen-bond acceptors (Lipinski definition) is 5. The Hall–Kier alpha value is -4.07. The molecule has 2 atom stereocenters. The summed E-state index contributed by atoms with van der Waals surface area (Å²) in [6.45, 7) is 3.65. The van der Waals surface area contributed by atoms with Crippen LogP contribution in [0.3, 0.4) is 0 Å². The van der Waals surface area contributed by atoms with Crippen LogP contribution in [0.4, 0.5) is 4.39 Å². The third kappa shape index (κ3) is 5.60. The van der Waals surface area contributed by atoms with Crippen LogP contribution in [-0.4, -0.2) is 26.1 Å². The number of ether oxygens (including phenoxy) is 1. The topological polar surface area (TPSA) is 81.9 Å². The number of aryl methyl sites for hydroxylation is 1. The lowest BCUT2D eigenvalue weighted by Gasteiger charge is -2.21. The molecule has 0 aliphatic carbocycles. The Labute approximate surface area is 191 Å². The van der Waals surface area contributed by atoms with Gasteiger partial charge in [-0.05, 0) is 71.8 Å². The van der Waals surface area contributed by atoms with E-state index in [1.807, 2.05) is 61.5 Å². The van der Waals surface area contributed by atoms with Crippen molar-refractivity contribution in [3.63, 3.8) is 0 Å². The molecule has 1 aromatic heterocycles. The van der Waals surface area contributed by atoms with E-state index in [1.165, 1.54) is 16.8 Å². The second-order valence-corrected chi connectivity index (χ2v) is 7.73. The van der Waals surface area contributed by atoms with E-state index in [0.29, 0.717) is 18.0 Å². The van der Waals surface area contributed by atoms with Crippen molar-refractivity contribution in [3.8, 4) is 11.5 Å². The number of carbonyl (C=O) groups excluding carboxylic acids is 1. The molecule has 4 rings (SSSR count). The van der Waals surface area contributed by atoms with E-state index in [0.717, 1.165) is 16.9 Å². The van der Waals surface area contributed by atoms with Crippen LogP contribution in [0.2, 0.25) is 0 Å². The number of hydrogen-bond donors (Lipinski definition) is 1. The number of carbonyl (C=O) groups is 1. The fourth-order valence-electron chi connectivity index (χ4n) is 3.50. The van der Waals surface area contributed by atoms with Crippen LogP contribution in [-0.2, 0) is 11.2 Å². The summed E-state index contributed by atoms with van der Waals surface area (Å²) >= 11 is 0. The van der Waals surface area contributed by atoms with Gasteiger partial charge in [-0.15, -0.1) is 5.10 Å². The molecule has 168 valence electrons. The van der Waals surface area contributed by atoms with Crippen LogP contribution >= 0.6 is 0 Å². The summed E-state index contributed by atoms with van der Waals surface area (Å²) in [6.07, 6.45) is 0.328. The van der Waals surface area contributed by atoms with Gasteiger partial charge in [-0.3, -0.25) is 4.79 Å². The summed E-state index contributed by atoms with van der Waals surface area (Å²) in [5, 5.41) is 14.6. The van der Waals surface area contributed by atoms with Gasteiger partial charge in [0.2, 0.25) is 5.91 Å². The van der Waals surface area contributed by atoms with Crippen LogP contribution < -0.4 is 10.1 Å². The van der Waals surface area contributed by atoms with Crippen LogP contribution in [0.5, 0.6) is 11.5 Å². The first kappa shape index (κ1) is 22.1. The number of para-hydroxylation sites is 1. The Bertz CT molecular complexity index is 1190. The van der Waals surface area contributed by atoms with Gasteiger partial charge in [0.25, 0.3) is 0 Å². The van der Waals surface area contributed by atoms with E-state index in [4.69, 9.17) is 4.74 Å². The molecule has 0 aliphatic rings. The van der Waals surface area contributed by atoms with Crippen molar-refractivity contribution < 1.29 is 13.9 Å². The molecule has 8 heteroatoms. The highest BCUT2D eigenvalue weighted by Gasteiger charge is 2.25. The maximum Gasteiger partial charge on any atom is 0.245 e. The van der Waals surface area contributed by atoms with Gasteiger partial charge in [0, 0.05) is 6.42 Å². The zero-order valence-corrected chi connectivity index (χ0v) is 18.4. The van der Waals surface area contributed by atoms with Crippen molar-refractivity contribution >= 4 is 5.91 Å². The number of benzene rings is 3. The van der Waals surface area contributed by atoms with E-state index in [2.05, 4.69) is 20.8 Å². The van der Waals surface area contributed by atoms with Gasteiger partial charge in [0.15, 0.2) is 0 Å². The van der Waals surface area contributed by atoms with Crippen LogP contribution in [0.15, 0.2) is 78.9 Å². The smallest absolute Gasteiger partial charge is 0.245 e. The molecular formula is C25H24FN5O2. The van der Waals surface area contributed by atoms with Crippen LogP contribution in [0, 0.1) is 12.7 Å². The van der Waals surface area contributed by atoms with Gasteiger partial charge >= 0.3 is 0 Å². The first-order valence-electron chi connectivity index (χ1n) is 10.6. The normalized spacial score (nSPS) is 12.7. The minimum absolute atomic E-state index is 0.230. The average molecular weight is 445 g/mol. The third-order valence-electron chi connectivity index (χ3n) is 5.32. The van der Waals surface area contributed by atoms with Gasteiger partial charge in [0.05, 0.1) is 6.04 Å². The second-order valence-electron chi connectivity index (χ2n) is 7.73. The molecule has 0 saturated carbocycles. The van der Waals surface area contributed by atoms with Gasteiger partial charge in [-0.1, -0.05) is 42.5 Å². The molecule has 1 heterocycles. The van der Waals surface area contributed by atoms with Gasteiger partial charge in [-0.25, -0.2) is 9.07 Å². The minimum Gasteiger partial charge on any atom is -0.457 e. The molecule has 0 radical (unpaired) electrons. The van der Waals surface area contributed by atoms with Gasteiger partial charge in [-0.2, -0.15) is 0 Å². The second kappa shape index (κ2) is 10.0. The fraction of sp³-hybridized carbons (Fsp3) is 0.200. The lowest BCUT2D eigenvalue weighted by atomic mass is 10.0. The van der Waals surface area contributed by atoms with Crippen molar-refractivity contribution in [2.75, 3.05) is 0 Å². The van der Waals surface area contributed by atoms with Crippen molar-refractivity contribution in [3.05, 3.63) is 102 Å². The maximum absolute atomic E-state index is 13.3. The molecule has 1 amide bonds. The molecule has 7 nitrogen and oxygen atoms in total. The molecule has 0 bridgehead atoms. The van der Waals surface area contributed by atoms with Crippen LogP contribution in [0.25, 0.3) is 0 Å². The molecule has 33 heavy (non-hydrogen) atoms. The number of nitrogens with one attached hydrogen (secondary N) is 1. The number of nitrogens with zero attached hydrogens (tertiary/aromatic N) is 4. The number of halogens is 1. The Morgan fingerprint density at radius 3 is 2.30 bits per heavy atom. The molecule has 2 unspecified atom stereocenters. The number of aromatic nitrogens is 4. The van der Waals surface area contributed by atoms with Crippen molar-refractivity contribution in [1.82, 2.24) is 25.5 Å². The van der Waals surface area contributed by atoms with E-state index in [-0.39, 0.29) is 17.8 Å². The van der Waals surface area contributed by atoms with Crippen molar-refractivity contribution in [2.45, 2.75) is 32.4 Å². The molecule has 1 N–H and O–H groups in total. The summed E-state index contributed by atoms with van der Waals surface area (Å²) in [4.78, 5) is 13.2. The Morgan fingerprint density at radius 2 is 1.67 bits per heavy atom. The zero-order chi connectivity index (χ0) is 23.2. The average Bonchev–Trinajstić information content (AvgIpc) is 3.25. The Morgan fingerprint density at radius 1 is 1.00 bits per heavy atom. The van der Waals surface area contributed by atoms with E-state index >= 15 is 0 Å². The van der Waals surface area contributed by atoms with Gasteiger partial charge in [0.1, 0.15) is 29.2 Å². The number of rotatable bonds is 8. The van der Waals surface area contributed by atoms with Crippen molar-refractivity contribution in [2.24, 2.45) is 0 Å². The number of amides is 1. The molecular weight excluding hydrogens is 421 g/mol. The third-order valence-corrected chi connectivity index (χ3v) is 5.32. The lowest BCUT2D eigenvalue weighted by Crippen LogP contribution is -2.36. The predicted octanol–water partition coefficient (Wildman–Crippen LogP) is 4.57. The summed E-state index contributed by atoms with van der Waals surface area (Å²) in [6, 6.07) is 22.2. The minimum atomic E-state index is -0.673. The first-order chi connectivity index (χ1) is 16.0. The monoisotopic (exact) mass is 445 g/mol. The highest BCUT2D eigenvalue weighted by molar-refractivity contribution is 5.81. The maximum atomic E-state index is 13.3. The standard InChI is InChI=1S/C25H24FN5O2/c1-17(20-10-14-23(15-11-20)33-22-6-4-3-5-7-22)27-25(32)24(31-18(2)28-29-30-31)16-19-8-12-21(26)13-9-19/h3-15,17,24H,16H2,1-2H3,(H,27,32). The zero-order valence-electron chi connectivity index (χ0n) is 18.4. The molecule has 0 saturated heterocycles. The molecule has 0 spiro atoms. The van der Waals surface area contributed by atoms with Gasteiger partial charge < -0.3 is 10.1 Å². The largest absolute Gasteiger partial charge is 0.457 e. The van der Waals surface area contributed by atoms with Crippen molar-refractivity contribution in [1.29, 1.82) is 0 Å². The molecule has 4 aromatic rings. The van der Waals surface area contributed by atoms with Crippen LogP contribution in [0.1, 0.15) is 36.0 Å². The first-order valence-corrected chi connectivity index (χ1v) is 10.6. The van der Waals surface area contributed by atoms with E-state index in [1.54, 1.807) is 19.1 Å². The quantitative estimate of drug-likeness (QED) is 0.430. The highest BCUT2D eigenvalue weighted by atomic mass is 19.1. The Kier molecular flexibility index (Phi) is 6.73. The van der Waals surface area contributed by atoms with E-state index < -0.39 is 6.04 Å². The molecule has 3 aromatic carbocycles.